The third-order valence-corrected chi connectivity index (χ3v) is 4.31. The van der Waals surface area contributed by atoms with E-state index in [0.717, 1.165) is 35.6 Å². The van der Waals surface area contributed by atoms with E-state index < -0.39 is 0 Å². The van der Waals surface area contributed by atoms with Crippen LogP contribution >= 0.6 is 11.3 Å². The second-order valence-electron chi connectivity index (χ2n) is 4.52. The summed E-state index contributed by atoms with van der Waals surface area (Å²) in [6, 6.07) is 2.20. The van der Waals surface area contributed by atoms with Gasteiger partial charge in [0.05, 0.1) is 12.0 Å². The molecule has 110 valence electrons. The third-order valence-electron chi connectivity index (χ3n) is 3.13. The summed E-state index contributed by atoms with van der Waals surface area (Å²) in [5, 5.41) is 4.16. The fraction of sp³-hybridized carbons (Fsp3) is 0.571. The van der Waals surface area contributed by atoms with E-state index in [0.29, 0.717) is 12.6 Å². The first-order chi connectivity index (χ1) is 9.69. The molecule has 2 aromatic rings. The first-order valence-electron chi connectivity index (χ1n) is 6.96. The van der Waals surface area contributed by atoms with E-state index in [2.05, 4.69) is 33.2 Å². The van der Waals surface area contributed by atoms with Crippen LogP contribution in [0.1, 0.15) is 18.7 Å². The van der Waals surface area contributed by atoms with Gasteiger partial charge in [-0.3, -0.25) is 0 Å². The molecule has 0 atom stereocenters. The molecule has 5 nitrogen and oxygen atoms in total. The number of aryl methyl sites for hydroxylation is 1. The summed E-state index contributed by atoms with van der Waals surface area (Å²) in [6.45, 7) is 6.44. The number of likely N-dealkylation sites (N-methyl/N-ethyl adjacent to an activating group) is 1. The molecule has 0 bridgehead atoms. The summed E-state index contributed by atoms with van der Waals surface area (Å²) in [5.41, 5.74) is 0. The molecular weight excluding hydrogens is 272 g/mol. The van der Waals surface area contributed by atoms with Gasteiger partial charge >= 0.3 is 0 Å². The Morgan fingerprint density at radius 1 is 1.35 bits per heavy atom. The molecule has 0 radical (unpaired) electrons. The zero-order valence-corrected chi connectivity index (χ0v) is 13.4. The Morgan fingerprint density at radius 3 is 2.80 bits per heavy atom. The van der Waals surface area contributed by atoms with Crippen LogP contribution in [0.5, 0.6) is 0 Å². The monoisotopic (exact) mass is 294 g/mol. The zero-order chi connectivity index (χ0) is 14.5. The molecule has 0 aromatic carbocycles. The summed E-state index contributed by atoms with van der Waals surface area (Å²) in [5.74, 6) is 1.63. The fourth-order valence-corrected chi connectivity index (χ4v) is 2.95. The molecule has 6 heteroatoms. The SMILES string of the molecule is CCOCCN(C)c1nc(NC)nc2sc(CC)cc12. The van der Waals surface area contributed by atoms with Gasteiger partial charge in [0.25, 0.3) is 0 Å². The molecule has 0 aliphatic heterocycles. The highest BCUT2D eigenvalue weighted by Gasteiger charge is 2.14. The van der Waals surface area contributed by atoms with Gasteiger partial charge in [-0.2, -0.15) is 4.98 Å². The van der Waals surface area contributed by atoms with Gasteiger partial charge in [0.2, 0.25) is 5.95 Å². The van der Waals surface area contributed by atoms with Crippen LogP contribution in [0.15, 0.2) is 6.07 Å². The molecule has 0 aliphatic rings. The van der Waals surface area contributed by atoms with Crippen LogP contribution in [0.4, 0.5) is 11.8 Å². The lowest BCUT2D eigenvalue weighted by Gasteiger charge is -2.19. The molecule has 0 amide bonds. The number of anilines is 2. The van der Waals surface area contributed by atoms with E-state index in [9.17, 15) is 0 Å². The van der Waals surface area contributed by atoms with Gasteiger partial charge in [0, 0.05) is 32.1 Å². The minimum absolute atomic E-state index is 0.667. The van der Waals surface area contributed by atoms with Gasteiger partial charge in [-0.05, 0) is 19.4 Å². The Bertz CT molecular complexity index is 570. The zero-order valence-electron chi connectivity index (χ0n) is 12.6. The predicted octanol–water partition coefficient (Wildman–Crippen LogP) is 2.77. The maximum atomic E-state index is 5.42. The van der Waals surface area contributed by atoms with Crippen molar-refractivity contribution in [2.45, 2.75) is 20.3 Å². The van der Waals surface area contributed by atoms with Crippen molar-refractivity contribution in [1.82, 2.24) is 9.97 Å². The highest BCUT2D eigenvalue weighted by molar-refractivity contribution is 7.18. The molecule has 0 fully saturated rings. The van der Waals surface area contributed by atoms with Gasteiger partial charge in [-0.15, -0.1) is 11.3 Å². The van der Waals surface area contributed by atoms with E-state index in [1.807, 2.05) is 21.0 Å². The van der Waals surface area contributed by atoms with Crippen molar-refractivity contribution >= 4 is 33.3 Å². The quantitative estimate of drug-likeness (QED) is 0.796. The minimum atomic E-state index is 0.667. The second kappa shape index (κ2) is 6.85. The lowest BCUT2D eigenvalue weighted by molar-refractivity contribution is 0.154. The molecule has 20 heavy (non-hydrogen) atoms. The molecular formula is C14H22N4OS. The first kappa shape index (κ1) is 15.0. The molecule has 1 N–H and O–H groups in total. The minimum Gasteiger partial charge on any atom is -0.380 e. The van der Waals surface area contributed by atoms with Crippen LogP contribution in [0.3, 0.4) is 0 Å². The standard InChI is InChI=1S/C14H22N4OS/c1-5-10-9-11-12(18(4)7-8-19-6-2)16-14(15-3)17-13(11)20-10/h9H,5-8H2,1-4H3,(H,15,16,17). The topological polar surface area (TPSA) is 50.3 Å². The van der Waals surface area contributed by atoms with Crippen LogP contribution in [-0.2, 0) is 11.2 Å². The number of hydrogen-bond acceptors (Lipinski definition) is 6. The second-order valence-corrected chi connectivity index (χ2v) is 5.64. The number of nitrogens with one attached hydrogen (secondary N) is 1. The van der Waals surface area contributed by atoms with Crippen molar-refractivity contribution in [3.63, 3.8) is 0 Å². The largest absolute Gasteiger partial charge is 0.380 e. The predicted molar refractivity (Wildman–Crippen MR) is 86.1 cm³/mol. The number of thiophene rings is 1. The Kier molecular flexibility index (Phi) is 5.14. The molecule has 0 saturated carbocycles. The number of rotatable bonds is 7. The molecule has 0 spiro atoms. The Hall–Kier alpha value is -1.40. The molecule has 0 aliphatic carbocycles. The summed E-state index contributed by atoms with van der Waals surface area (Å²) >= 11 is 1.74. The van der Waals surface area contributed by atoms with E-state index in [1.165, 1.54) is 4.88 Å². The number of ether oxygens (including phenoxy) is 1. The average Bonchev–Trinajstić information content (AvgIpc) is 2.89. The maximum absolute atomic E-state index is 5.42. The number of nitrogens with zero attached hydrogens (tertiary/aromatic N) is 3. The summed E-state index contributed by atoms with van der Waals surface area (Å²) < 4.78 is 5.42. The normalized spacial score (nSPS) is 11.0. The van der Waals surface area contributed by atoms with E-state index in [1.54, 1.807) is 11.3 Å². The van der Waals surface area contributed by atoms with Crippen molar-refractivity contribution in [1.29, 1.82) is 0 Å². The average molecular weight is 294 g/mol. The number of fused-ring (bicyclic) bond motifs is 1. The smallest absolute Gasteiger partial charge is 0.225 e. The van der Waals surface area contributed by atoms with Gasteiger partial charge in [0.15, 0.2) is 0 Å². The van der Waals surface area contributed by atoms with Crippen molar-refractivity contribution in [3.05, 3.63) is 10.9 Å². The summed E-state index contributed by atoms with van der Waals surface area (Å²) in [6.07, 6.45) is 1.03. The van der Waals surface area contributed by atoms with Crippen molar-refractivity contribution in [2.24, 2.45) is 0 Å². The third kappa shape index (κ3) is 3.19. The van der Waals surface area contributed by atoms with Crippen molar-refractivity contribution < 1.29 is 4.74 Å². The molecule has 0 unspecified atom stereocenters. The highest BCUT2D eigenvalue weighted by atomic mass is 32.1. The lowest BCUT2D eigenvalue weighted by Crippen LogP contribution is -2.24. The van der Waals surface area contributed by atoms with Gasteiger partial charge in [-0.25, -0.2) is 4.98 Å². The molecule has 2 heterocycles. The number of hydrogen-bond donors (Lipinski definition) is 1. The summed E-state index contributed by atoms with van der Waals surface area (Å²) in [7, 11) is 3.89. The Morgan fingerprint density at radius 2 is 2.15 bits per heavy atom. The van der Waals surface area contributed by atoms with E-state index in [-0.39, 0.29) is 0 Å². The van der Waals surface area contributed by atoms with Crippen molar-refractivity contribution in [2.75, 3.05) is 44.1 Å². The van der Waals surface area contributed by atoms with Gasteiger partial charge < -0.3 is 15.0 Å². The van der Waals surface area contributed by atoms with Crippen LogP contribution in [0, 0.1) is 0 Å². The maximum Gasteiger partial charge on any atom is 0.225 e. The number of aromatic nitrogens is 2. The Labute approximate surface area is 124 Å². The van der Waals surface area contributed by atoms with Gasteiger partial charge in [-0.1, -0.05) is 6.92 Å². The fourth-order valence-electron chi connectivity index (χ4n) is 1.99. The Balaban J connectivity index is 2.35. The first-order valence-corrected chi connectivity index (χ1v) is 7.78. The van der Waals surface area contributed by atoms with Crippen LogP contribution in [0.2, 0.25) is 0 Å². The van der Waals surface area contributed by atoms with Gasteiger partial charge in [0.1, 0.15) is 10.6 Å². The molecule has 0 saturated heterocycles. The highest BCUT2D eigenvalue weighted by Crippen LogP contribution is 2.31. The van der Waals surface area contributed by atoms with Crippen LogP contribution in [-0.4, -0.2) is 43.8 Å². The van der Waals surface area contributed by atoms with Crippen molar-refractivity contribution in [3.8, 4) is 0 Å². The van der Waals surface area contributed by atoms with Crippen LogP contribution in [0.25, 0.3) is 10.2 Å². The lowest BCUT2D eigenvalue weighted by atomic mass is 10.3. The van der Waals surface area contributed by atoms with E-state index >= 15 is 0 Å². The van der Waals surface area contributed by atoms with E-state index in [4.69, 9.17) is 4.74 Å². The molecule has 2 rings (SSSR count). The summed E-state index contributed by atoms with van der Waals surface area (Å²) in [4.78, 5) is 13.6. The van der Waals surface area contributed by atoms with Crippen LogP contribution < -0.4 is 10.2 Å². The molecule has 2 aromatic heterocycles.